The van der Waals surface area contributed by atoms with E-state index in [4.69, 9.17) is 0 Å². The molecule has 0 heterocycles. The molecule has 0 saturated heterocycles. The predicted octanol–water partition coefficient (Wildman–Crippen LogP) is 3.02. The lowest BCUT2D eigenvalue weighted by Gasteiger charge is -2.10. The smallest absolute Gasteiger partial charge is 0.224 e. The molecule has 0 bridgehead atoms. The summed E-state index contributed by atoms with van der Waals surface area (Å²) in [6.07, 6.45) is 1.43. The van der Waals surface area contributed by atoms with Gasteiger partial charge in [-0.15, -0.1) is 0 Å². The van der Waals surface area contributed by atoms with Gasteiger partial charge in [-0.1, -0.05) is 26.0 Å². The van der Waals surface area contributed by atoms with Gasteiger partial charge >= 0.3 is 0 Å². The van der Waals surface area contributed by atoms with E-state index in [-0.39, 0.29) is 5.91 Å². The molecule has 1 aromatic carbocycles. The van der Waals surface area contributed by atoms with E-state index >= 15 is 0 Å². The highest BCUT2D eigenvalue weighted by Gasteiger charge is 2.05. The van der Waals surface area contributed by atoms with Crippen LogP contribution >= 0.6 is 0 Å². The van der Waals surface area contributed by atoms with Gasteiger partial charge in [0.15, 0.2) is 0 Å². The minimum Gasteiger partial charge on any atom is -0.326 e. The molecule has 0 aliphatic heterocycles. The average Bonchev–Trinajstić information content (AvgIpc) is 2.29. The Balaban J connectivity index is 2.38. The maximum Gasteiger partial charge on any atom is 0.224 e. The fourth-order valence-electron chi connectivity index (χ4n) is 1.72. The molecule has 0 fully saturated rings. The van der Waals surface area contributed by atoms with Gasteiger partial charge in [0.1, 0.15) is 0 Å². The minimum atomic E-state index is 0.0919. The first-order valence-electron chi connectivity index (χ1n) is 6.59. The average molecular weight is 248 g/mol. The molecule has 0 radical (unpaired) electrons. The van der Waals surface area contributed by atoms with Crippen LogP contribution in [-0.2, 0) is 4.79 Å². The van der Waals surface area contributed by atoms with Crippen molar-refractivity contribution in [3.63, 3.8) is 0 Å². The molecule has 0 aliphatic rings. The van der Waals surface area contributed by atoms with E-state index in [9.17, 15) is 4.79 Å². The summed E-state index contributed by atoms with van der Waals surface area (Å²) in [5.41, 5.74) is 3.20. The topological polar surface area (TPSA) is 41.1 Å². The van der Waals surface area contributed by atoms with Crippen LogP contribution in [0.5, 0.6) is 0 Å². The Morgan fingerprint density at radius 3 is 2.67 bits per heavy atom. The number of rotatable bonds is 6. The summed E-state index contributed by atoms with van der Waals surface area (Å²) in [5, 5.41) is 6.28. The highest BCUT2D eigenvalue weighted by atomic mass is 16.1. The molecule has 0 aliphatic carbocycles. The second-order valence-corrected chi connectivity index (χ2v) is 5.08. The fourth-order valence-corrected chi connectivity index (χ4v) is 1.72. The van der Waals surface area contributed by atoms with Crippen LogP contribution in [0.15, 0.2) is 18.2 Å². The van der Waals surface area contributed by atoms with Crippen molar-refractivity contribution in [2.24, 2.45) is 0 Å². The SMILES string of the molecule is Cc1ccc(C)c(NC(=O)CCCNC(C)C)c1. The Bertz CT molecular complexity index is 399. The molecular formula is C15H24N2O. The molecule has 3 heteroatoms. The first-order valence-corrected chi connectivity index (χ1v) is 6.59. The minimum absolute atomic E-state index is 0.0919. The molecule has 2 N–H and O–H groups in total. The number of carbonyl (C=O) groups is 1. The molecule has 0 aromatic heterocycles. The first-order chi connectivity index (χ1) is 8.49. The maximum atomic E-state index is 11.8. The number of anilines is 1. The Kier molecular flexibility index (Phi) is 5.86. The van der Waals surface area contributed by atoms with E-state index in [1.165, 1.54) is 0 Å². The van der Waals surface area contributed by atoms with Gasteiger partial charge in [0.05, 0.1) is 0 Å². The zero-order valence-corrected chi connectivity index (χ0v) is 11.8. The van der Waals surface area contributed by atoms with Crippen LogP contribution in [0, 0.1) is 13.8 Å². The van der Waals surface area contributed by atoms with E-state index < -0.39 is 0 Å². The van der Waals surface area contributed by atoms with Crippen molar-refractivity contribution in [3.8, 4) is 0 Å². The highest BCUT2D eigenvalue weighted by Crippen LogP contribution is 2.16. The number of benzene rings is 1. The Hall–Kier alpha value is -1.35. The molecule has 0 spiro atoms. The lowest BCUT2D eigenvalue weighted by Crippen LogP contribution is -2.24. The Morgan fingerprint density at radius 2 is 2.00 bits per heavy atom. The molecule has 100 valence electrons. The van der Waals surface area contributed by atoms with Crippen molar-refractivity contribution in [1.29, 1.82) is 0 Å². The quantitative estimate of drug-likeness (QED) is 0.760. The molecule has 3 nitrogen and oxygen atoms in total. The summed E-state index contributed by atoms with van der Waals surface area (Å²) in [6.45, 7) is 9.14. The van der Waals surface area contributed by atoms with Gasteiger partial charge in [0.2, 0.25) is 5.91 Å². The van der Waals surface area contributed by atoms with Crippen LogP contribution in [-0.4, -0.2) is 18.5 Å². The Labute approximate surface area is 110 Å². The van der Waals surface area contributed by atoms with Gasteiger partial charge in [0, 0.05) is 18.2 Å². The van der Waals surface area contributed by atoms with Crippen LogP contribution in [0.25, 0.3) is 0 Å². The van der Waals surface area contributed by atoms with Gasteiger partial charge < -0.3 is 10.6 Å². The third-order valence-electron chi connectivity index (χ3n) is 2.80. The van der Waals surface area contributed by atoms with Crippen LogP contribution in [0.4, 0.5) is 5.69 Å². The van der Waals surface area contributed by atoms with Crippen molar-refractivity contribution in [3.05, 3.63) is 29.3 Å². The van der Waals surface area contributed by atoms with Crippen LogP contribution < -0.4 is 10.6 Å². The molecule has 0 atom stereocenters. The molecule has 0 saturated carbocycles. The summed E-state index contributed by atoms with van der Waals surface area (Å²) in [4.78, 5) is 11.8. The van der Waals surface area contributed by atoms with Crippen molar-refractivity contribution in [2.75, 3.05) is 11.9 Å². The largest absolute Gasteiger partial charge is 0.326 e. The van der Waals surface area contributed by atoms with Gasteiger partial charge in [-0.25, -0.2) is 0 Å². The van der Waals surface area contributed by atoms with Crippen molar-refractivity contribution in [2.45, 2.75) is 46.6 Å². The normalized spacial score (nSPS) is 10.7. The standard InChI is InChI=1S/C15H24N2O/c1-11(2)16-9-5-6-15(18)17-14-10-12(3)7-8-13(14)4/h7-8,10-11,16H,5-6,9H2,1-4H3,(H,17,18). The lowest BCUT2D eigenvalue weighted by molar-refractivity contribution is -0.116. The monoisotopic (exact) mass is 248 g/mol. The number of hydrogen-bond donors (Lipinski definition) is 2. The van der Waals surface area contributed by atoms with Gasteiger partial charge in [-0.2, -0.15) is 0 Å². The number of aryl methyl sites for hydroxylation is 2. The third-order valence-corrected chi connectivity index (χ3v) is 2.80. The second kappa shape index (κ2) is 7.17. The second-order valence-electron chi connectivity index (χ2n) is 5.08. The third kappa shape index (κ3) is 5.32. The molecule has 18 heavy (non-hydrogen) atoms. The zero-order chi connectivity index (χ0) is 13.5. The summed E-state index contributed by atoms with van der Waals surface area (Å²) >= 11 is 0. The molecule has 1 rings (SSSR count). The van der Waals surface area contributed by atoms with E-state index in [2.05, 4.69) is 30.5 Å². The van der Waals surface area contributed by atoms with E-state index in [1.807, 2.05) is 26.0 Å². The maximum absolute atomic E-state index is 11.8. The molecule has 0 unspecified atom stereocenters. The van der Waals surface area contributed by atoms with E-state index in [1.54, 1.807) is 0 Å². The van der Waals surface area contributed by atoms with Crippen molar-refractivity contribution in [1.82, 2.24) is 5.32 Å². The summed E-state index contributed by atoms with van der Waals surface area (Å²) < 4.78 is 0. The van der Waals surface area contributed by atoms with Crippen LogP contribution in [0.2, 0.25) is 0 Å². The predicted molar refractivity (Wildman–Crippen MR) is 76.9 cm³/mol. The number of carbonyl (C=O) groups excluding carboxylic acids is 1. The van der Waals surface area contributed by atoms with Crippen LogP contribution in [0.1, 0.15) is 37.8 Å². The highest BCUT2D eigenvalue weighted by molar-refractivity contribution is 5.91. The van der Waals surface area contributed by atoms with Gasteiger partial charge in [-0.05, 0) is 44.0 Å². The summed E-state index contributed by atoms with van der Waals surface area (Å²) in [6, 6.07) is 6.58. The first kappa shape index (κ1) is 14.7. The zero-order valence-electron chi connectivity index (χ0n) is 11.8. The fraction of sp³-hybridized carbons (Fsp3) is 0.533. The number of nitrogens with one attached hydrogen (secondary N) is 2. The lowest BCUT2D eigenvalue weighted by atomic mass is 10.1. The number of amides is 1. The summed E-state index contributed by atoms with van der Waals surface area (Å²) in [5.74, 6) is 0.0919. The van der Waals surface area contributed by atoms with Gasteiger partial charge in [-0.3, -0.25) is 4.79 Å². The summed E-state index contributed by atoms with van der Waals surface area (Å²) in [7, 11) is 0. The Morgan fingerprint density at radius 1 is 1.28 bits per heavy atom. The van der Waals surface area contributed by atoms with Gasteiger partial charge in [0.25, 0.3) is 0 Å². The number of hydrogen-bond acceptors (Lipinski definition) is 2. The molecular weight excluding hydrogens is 224 g/mol. The van der Waals surface area contributed by atoms with Crippen molar-refractivity contribution < 1.29 is 4.79 Å². The van der Waals surface area contributed by atoms with Crippen LogP contribution in [0.3, 0.4) is 0 Å². The van der Waals surface area contributed by atoms with E-state index in [0.717, 1.165) is 29.8 Å². The molecule has 1 amide bonds. The molecule has 1 aromatic rings. The van der Waals surface area contributed by atoms with E-state index in [0.29, 0.717) is 12.5 Å². The van der Waals surface area contributed by atoms with Crippen molar-refractivity contribution >= 4 is 11.6 Å².